The number of nitro groups is 1. The molecule has 210 valence electrons. The van der Waals surface area contributed by atoms with Crippen LogP contribution in [0, 0.1) is 10.1 Å². The Morgan fingerprint density at radius 3 is 2.00 bits per heavy atom. The van der Waals surface area contributed by atoms with Gasteiger partial charge in [0.05, 0.1) is 24.0 Å². The van der Waals surface area contributed by atoms with Crippen molar-refractivity contribution in [1.29, 1.82) is 0 Å². The minimum absolute atomic E-state index is 0.0389. The van der Waals surface area contributed by atoms with Crippen molar-refractivity contribution in [2.45, 2.75) is 58.0 Å². The van der Waals surface area contributed by atoms with Gasteiger partial charge in [-0.15, -0.1) is 0 Å². The number of nitro benzene ring substituents is 1. The summed E-state index contributed by atoms with van der Waals surface area (Å²) < 4.78 is 12.6. The highest BCUT2D eigenvalue weighted by molar-refractivity contribution is 6.99. The Morgan fingerprint density at radius 1 is 1.02 bits per heavy atom. The van der Waals surface area contributed by atoms with Crippen LogP contribution < -0.4 is 15.7 Å². The molecule has 0 aromatic heterocycles. The fourth-order valence-electron chi connectivity index (χ4n) is 5.14. The number of amides is 2. The van der Waals surface area contributed by atoms with E-state index in [4.69, 9.17) is 9.16 Å². The van der Waals surface area contributed by atoms with Crippen molar-refractivity contribution in [3.8, 4) is 0 Å². The third-order valence-corrected chi connectivity index (χ3v) is 12.2. The van der Waals surface area contributed by atoms with Gasteiger partial charge in [0, 0.05) is 12.1 Å². The van der Waals surface area contributed by atoms with Gasteiger partial charge in [0.2, 0.25) is 5.91 Å². The van der Waals surface area contributed by atoms with Crippen LogP contribution in [-0.2, 0) is 20.6 Å². The number of nitrogens with zero attached hydrogens (tertiary/aromatic N) is 2. The second kappa shape index (κ2) is 12.0. The first-order chi connectivity index (χ1) is 19.0. The van der Waals surface area contributed by atoms with Gasteiger partial charge >= 0.3 is 6.09 Å². The van der Waals surface area contributed by atoms with E-state index >= 15 is 0 Å². The quantitative estimate of drug-likeness (QED) is 0.171. The summed E-state index contributed by atoms with van der Waals surface area (Å²) in [6, 6.07) is 25.9. The van der Waals surface area contributed by atoms with E-state index in [9.17, 15) is 19.7 Å². The Labute approximate surface area is 235 Å². The van der Waals surface area contributed by atoms with E-state index in [2.05, 4.69) is 50.4 Å². The van der Waals surface area contributed by atoms with Crippen molar-refractivity contribution in [3.05, 3.63) is 101 Å². The van der Waals surface area contributed by atoms with Crippen LogP contribution in [0.4, 0.5) is 10.5 Å². The van der Waals surface area contributed by atoms with E-state index in [1.807, 2.05) is 43.3 Å². The molecule has 9 nitrogen and oxygen atoms in total. The molecule has 0 saturated carbocycles. The van der Waals surface area contributed by atoms with Crippen LogP contribution in [0.25, 0.3) is 0 Å². The summed E-state index contributed by atoms with van der Waals surface area (Å²) >= 11 is 0. The Hall–Kier alpha value is -4.02. The fraction of sp³-hybridized carbons (Fsp3) is 0.333. The zero-order valence-electron chi connectivity index (χ0n) is 23.2. The maximum atomic E-state index is 13.3. The lowest BCUT2D eigenvalue weighted by Crippen LogP contribution is -2.68. The summed E-state index contributed by atoms with van der Waals surface area (Å²) in [5.41, 5.74) is 0.579. The normalized spacial score (nSPS) is 15.9. The summed E-state index contributed by atoms with van der Waals surface area (Å²) in [4.78, 5) is 37.1. The predicted molar refractivity (Wildman–Crippen MR) is 155 cm³/mol. The number of rotatable bonds is 10. The van der Waals surface area contributed by atoms with E-state index in [1.54, 1.807) is 12.1 Å². The van der Waals surface area contributed by atoms with Crippen molar-refractivity contribution < 1.29 is 23.7 Å². The first-order valence-corrected chi connectivity index (χ1v) is 15.2. The molecule has 1 saturated heterocycles. The largest absolute Gasteiger partial charge is 0.444 e. The number of hydrogen-bond acceptors (Lipinski definition) is 6. The van der Waals surface area contributed by atoms with Crippen LogP contribution in [0.5, 0.6) is 0 Å². The van der Waals surface area contributed by atoms with Crippen LogP contribution in [0.3, 0.4) is 0 Å². The molecule has 4 rings (SSSR count). The first-order valence-electron chi connectivity index (χ1n) is 13.3. The van der Waals surface area contributed by atoms with E-state index < -0.39 is 31.5 Å². The van der Waals surface area contributed by atoms with E-state index in [-0.39, 0.29) is 36.3 Å². The maximum absolute atomic E-state index is 13.3. The van der Waals surface area contributed by atoms with Gasteiger partial charge in [0.1, 0.15) is 12.8 Å². The highest BCUT2D eigenvalue weighted by Gasteiger charge is 2.51. The van der Waals surface area contributed by atoms with Crippen molar-refractivity contribution >= 4 is 36.4 Å². The SMILES string of the molecule is C[C@H](CO[Si](c1ccccc1)(c1ccccc1)C(C)(C)C)N(C(=O)OCc1ccc([N+](=O)[O-])cc1)[C@@H]1CC(=O)N1. The average Bonchev–Trinajstić information content (AvgIpc) is 2.92. The summed E-state index contributed by atoms with van der Waals surface area (Å²) in [5, 5.41) is 15.7. The number of ether oxygens (including phenoxy) is 1. The number of benzene rings is 3. The Balaban J connectivity index is 1.57. The van der Waals surface area contributed by atoms with Crippen LogP contribution in [-0.4, -0.2) is 49.0 Å². The lowest BCUT2D eigenvalue weighted by atomic mass is 10.1. The lowest BCUT2D eigenvalue weighted by molar-refractivity contribution is -0.384. The highest BCUT2D eigenvalue weighted by atomic mass is 28.4. The van der Waals surface area contributed by atoms with Crippen molar-refractivity contribution in [1.82, 2.24) is 10.2 Å². The smallest absolute Gasteiger partial charge is 0.412 e. The van der Waals surface area contributed by atoms with E-state index in [0.717, 1.165) is 10.4 Å². The minimum atomic E-state index is -2.84. The van der Waals surface area contributed by atoms with Crippen molar-refractivity contribution in [3.63, 3.8) is 0 Å². The number of nitrogens with one attached hydrogen (secondary N) is 1. The molecule has 0 bridgehead atoms. The molecule has 3 aromatic carbocycles. The molecule has 0 spiro atoms. The molecule has 0 radical (unpaired) electrons. The van der Waals surface area contributed by atoms with Gasteiger partial charge in [0.25, 0.3) is 14.0 Å². The molecule has 1 aliphatic rings. The van der Waals surface area contributed by atoms with E-state index in [1.165, 1.54) is 17.0 Å². The average molecular weight is 562 g/mol. The highest BCUT2D eigenvalue weighted by Crippen LogP contribution is 2.37. The monoisotopic (exact) mass is 561 g/mol. The van der Waals surface area contributed by atoms with Gasteiger partial charge in [-0.25, -0.2) is 4.79 Å². The molecular weight excluding hydrogens is 526 g/mol. The van der Waals surface area contributed by atoms with Gasteiger partial charge in [0.15, 0.2) is 0 Å². The zero-order chi connectivity index (χ0) is 28.9. The molecule has 1 fully saturated rings. The molecule has 10 heteroatoms. The molecular formula is C30H35N3O6Si. The molecule has 1 N–H and O–H groups in total. The summed E-state index contributed by atoms with van der Waals surface area (Å²) in [7, 11) is -2.84. The molecule has 2 atom stereocenters. The third kappa shape index (κ3) is 6.08. The summed E-state index contributed by atoms with van der Waals surface area (Å²) in [6.45, 7) is 8.61. The van der Waals surface area contributed by atoms with Crippen molar-refractivity contribution in [2.75, 3.05) is 6.61 Å². The number of carbonyl (C=O) groups excluding carboxylic acids is 2. The van der Waals surface area contributed by atoms with Gasteiger partial charge in [-0.05, 0) is 40.0 Å². The fourth-order valence-corrected chi connectivity index (χ4v) is 9.79. The second-order valence-electron chi connectivity index (χ2n) is 11.0. The van der Waals surface area contributed by atoms with Gasteiger partial charge < -0.3 is 14.5 Å². The van der Waals surface area contributed by atoms with Gasteiger partial charge in [-0.3, -0.25) is 19.8 Å². The lowest BCUT2D eigenvalue weighted by Gasteiger charge is -2.45. The number of β-lactam (4-membered cyclic amide) rings is 1. The molecule has 40 heavy (non-hydrogen) atoms. The molecule has 1 aliphatic heterocycles. The molecule has 0 aliphatic carbocycles. The van der Waals surface area contributed by atoms with Crippen molar-refractivity contribution in [2.24, 2.45) is 0 Å². The second-order valence-corrected chi connectivity index (χ2v) is 15.3. The van der Waals surface area contributed by atoms with Crippen LogP contribution in [0.15, 0.2) is 84.9 Å². The Bertz CT molecular complexity index is 1280. The van der Waals surface area contributed by atoms with Gasteiger partial charge in [-0.1, -0.05) is 81.4 Å². The Morgan fingerprint density at radius 2 is 1.55 bits per heavy atom. The van der Waals surface area contributed by atoms with E-state index in [0.29, 0.717) is 5.56 Å². The summed E-state index contributed by atoms with van der Waals surface area (Å²) in [5.74, 6) is -0.140. The van der Waals surface area contributed by atoms with Crippen LogP contribution >= 0.6 is 0 Å². The molecule has 2 amide bonds. The van der Waals surface area contributed by atoms with Gasteiger partial charge in [-0.2, -0.15) is 0 Å². The Kier molecular flexibility index (Phi) is 8.70. The van der Waals surface area contributed by atoms with Crippen LogP contribution in [0.1, 0.15) is 39.7 Å². The summed E-state index contributed by atoms with van der Waals surface area (Å²) in [6.07, 6.45) is -0.924. The minimum Gasteiger partial charge on any atom is -0.444 e. The third-order valence-electron chi connectivity index (χ3n) is 7.20. The maximum Gasteiger partial charge on any atom is 0.412 e. The number of non-ortho nitro benzene ring substituents is 1. The topological polar surface area (TPSA) is 111 Å². The predicted octanol–water partition coefficient (Wildman–Crippen LogP) is 4.34. The standard InChI is InChI=1S/C30H35N3O6Si/c1-22(20-39-40(30(2,3)4,25-11-7-5-8-12-25)26-13-9-6-10-14-26)32(27-19-28(34)31-27)29(35)38-21-23-15-17-24(18-16-23)33(36)37/h5-18,22,27H,19-21H2,1-4H3,(H,31,34)/t22-,27-/m1/s1. The number of hydrogen-bond donors (Lipinski definition) is 1. The molecule has 1 heterocycles. The number of carbonyl (C=O) groups is 2. The molecule has 3 aromatic rings. The first kappa shape index (κ1) is 29.0. The van der Waals surface area contributed by atoms with Crippen LogP contribution in [0.2, 0.25) is 5.04 Å². The molecule has 0 unspecified atom stereocenters. The zero-order valence-corrected chi connectivity index (χ0v) is 24.2.